The molecule has 1 atom stereocenters. The predicted molar refractivity (Wildman–Crippen MR) is 265 cm³/mol. The number of allylic oxidation sites excluding steroid dienone is 12. The lowest BCUT2D eigenvalue weighted by molar-refractivity contribution is -0.167. The maximum atomic E-state index is 12.8. The summed E-state index contributed by atoms with van der Waals surface area (Å²) in [5, 5.41) is 0. The molecule has 0 N–H and O–H groups in total. The summed E-state index contributed by atoms with van der Waals surface area (Å²) in [5.74, 6) is -0.933. The van der Waals surface area contributed by atoms with E-state index in [2.05, 4.69) is 93.7 Å². The first-order chi connectivity index (χ1) is 30.5. The maximum Gasteiger partial charge on any atom is 0.306 e. The molecule has 6 nitrogen and oxygen atoms in total. The molecule has 0 aromatic rings. The maximum absolute atomic E-state index is 12.8. The summed E-state index contributed by atoms with van der Waals surface area (Å²) >= 11 is 0. The highest BCUT2D eigenvalue weighted by Gasteiger charge is 2.19. The van der Waals surface area contributed by atoms with E-state index in [0.29, 0.717) is 19.3 Å². The molecule has 0 amide bonds. The minimum atomic E-state index is -0.792. The molecule has 0 aliphatic carbocycles. The van der Waals surface area contributed by atoms with Crippen molar-refractivity contribution in [3.63, 3.8) is 0 Å². The molecule has 0 rings (SSSR count). The molecule has 0 saturated heterocycles. The lowest BCUT2D eigenvalue weighted by atomic mass is 10.1. The van der Waals surface area contributed by atoms with Crippen LogP contribution in [-0.2, 0) is 28.6 Å². The summed E-state index contributed by atoms with van der Waals surface area (Å²) < 4.78 is 16.7. The normalized spacial score (nSPS) is 12.6. The van der Waals surface area contributed by atoms with Crippen LogP contribution in [0.1, 0.15) is 245 Å². The third kappa shape index (κ3) is 47.9. The third-order valence-electron chi connectivity index (χ3n) is 10.9. The van der Waals surface area contributed by atoms with Gasteiger partial charge in [0, 0.05) is 19.3 Å². The largest absolute Gasteiger partial charge is 0.462 e. The van der Waals surface area contributed by atoms with Crippen molar-refractivity contribution in [2.75, 3.05) is 13.2 Å². The average molecular weight is 865 g/mol. The van der Waals surface area contributed by atoms with Crippen LogP contribution < -0.4 is 0 Å². The molecule has 0 aliphatic heterocycles. The van der Waals surface area contributed by atoms with Crippen LogP contribution in [0.5, 0.6) is 0 Å². The highest BCUT2D eigenvalue weighted by atomic mass is 16.6. The highest BCUT2D eigenvalue weighted by Crippen LogP contribution is 2.14. The molecule has 62 heavy (non-hydrogen) atoms. The Morgan fingerprint density at radius 2 is 0.694 bits per heavy atom. The van der Waals surface area contributed by atoms with E-state index in [1.165, 1.54) is 77.0 Å². The zero-order valence-corrected chi connectivity index (χ0v) is 40.6. The van der Waals surface area contributed by atoms with Gasteiger partial charge in [-0.25, -0.2) is 0 Å². The molecule has 1 unspecified atom stereocenters. The Morgan fingerprint density at radius 1 is 0.355 bits per heavy atom. The molecule has 0 heterocycles. The fraction of sp³-hybridized carbons (Fsp3) is 0.732. The van der Waals surface area contributed by atoms with Gasteiger partial charge in [0.1, 0.15) is 13.2 Å². The van der Waals surface area contributed by atoms with E-state index < -0.39 is 6.10 Å². The van der Waals surface area contributed by atoms with E-state index in [4.69, 9.17) is 14.2 Å². The molecule has 0 spiro atoms. The van der Waals surface area contributed by atoms with E-state index in [-0.39, 0.29) is 31.1 Å². The van der Waals surface area contributed by atoms with E-state index in [0.717, 1.165) is 128 Å². The SMILES string of the molecule is CC/C=C\C/C=C\C/C=C\CCCCCCCCC(=O)OC(COC(=O)CCCCCC/C=C\CCCC)COC(=O)CCCCCCC/C=C\C=C/CCCCCCCCC. The van der Waals surface area contributed by atoms with Gasteiger partial charge in [-0.3, -0.25) is 14.4 Å². The van der Waals surface area contributed by atoms with Crippen LogP contribution in [0.15, 0.2) is 72.9 Å². The topological polar surface area (TPSA) is 78.9 Å². The van der Waals surface area contributed by atoms with Gasteiger partial charge in [0.25, 0.3) is 0 Å². The number of carbonyl (C=O) groups is 3. The molecule has 0 fully saturated rings. The zero-order chi connectivity index (χ0) is 45.1. The van der Waals surface area contributed by atoms with Gasteiger partial charge in [0.2, 0.25) is 0 Å². The second-order valence-corrected chi connectivity index (χ2v) is 17.1. The second-order valence-electron chi connectivity index (χ2n) is 17.1. The first kappa shape index (κ1) is 58.9. The lowest BCUT2D eigenvalue weighted by Crippen LogP contribution is -2.30. The van der Waals surface area contributed by atoms with Gasteiger partial charge in [0.05, 0.1) is 0 Å². The fourth-order valence-corrected chi connectivity index (χ4v) is 7.02. The Labute approximate surface area is 382 Å². The molecule has 0 radical (unpaired) electrons. The Morgan fingerprint density at radius 3 is 1.15 bits per heavy atom. The quantitative estimate of drug-likeness (QED) is 0.0199. The molecule has 0 aromatic heterocycles. The van der Waals surface area contributed by atoms with Crippen LogP contribution >= 0.6 is 0 Å². The second kappa shape index (κ2) is 50.5. The average Bonchev–Trinajstić information content (AvgIpc) is 3.27. The van der Waals surface area contributed by atoms with Crippen molar-refractivity contribution in [1.29, 1.82) is 0 Å². The molecule has 0 bridgehead atoms. The van der Waals surface area contributed by atoms with E-state index in [1.807, 2.05) is 0 Å². The summed E-state index contributed by atoms with van der Waals surface area (Å²) in [6.45, 7) is 6.44. The van der Waals surface area contributed by atoms with E-state index in [9.17, 15) is 14.4 Å². The van der Waals surface area contributed by atoms with E-state index in [1.54, 1.807) is 0 Å². The van der Waals surface area contributed by atoms with Gasteiger partial charge in [0.15, 0.2) is 6.10 Å². The molecule has 6 heteroatoms. The van der Waals surface area contributed by atoms with Crippen molar-refractivity contribution in [2.45, 2.75) is 252 Å². The van der Waals surface area contributed by atoms with E-state index >= 15 is 0 Å². The van der Waals surface area contributed by atoms with Crippen LogP contribution in [0.4, 0.5) is 0 Å². The Hall–Kier alpha value is -3.15. The number of carbonyl (C=O) groups excluding carboxylic acids is 3. The van der Waals surface area contributed by atoms with Crippen LogP contribution in [0.25, 0.3) is 0 Å². The smallest absolute Gasteiger partial charge is 0.306 e. The zero-order valence-electron chi connectivity index (χ0n) is 40.6. The van der Waals surface area contributed by atoms with Crippen LogP contribution in [0, 0.1) is 0 Å². The number of hydrogen-bond donors (Lipinski definition) is 0. The van der Waals surface area contributed by atoms with Crippen molar-refractivity contribution in [1.82, 2.24) is 0 Å². The number of ether oxygens (including phenoxy) is 3. The van der Waals surface area contributed by atoms with Crippen molar-refractivity contribution in [3.8, 4) is 0 Å². The molecule has 0 saturated carbocycles. The summed E-state index contributed by atoms with van der Waals surface area (Å²) in [7, 11) is 0. The van der Waals surface area contributed by atoms with Gasteiger partial charge >= 0.3 is 17.9 Å². The van der Waals surface area contributed by atoms with Crippen LogP contribution in [0.3, 0.4) is 0 Å². The standard InChI is InChI=1S/C56H96O6/c1-4-7-10-13-16-19-22-24-26-28-29-31-32-34-37-40-43-46-49-55(58)61-52-53(51-60-54(57)48-45-42-39-36-21-18-15-12-9-6-3)62-56(59)50-47-44-41-38-35-33-30-27-25-23-20-17-14-11-8-5-2/h8,11,15,17-18,20,25-29,31,53H,4-7,9-10,12-14,16,19,21-24,30,32-52H2,1-3H3/b11-8-,18-15-,20-17-,27-25-,28-26-,31-29-. The third-order valence-corrected chi connectivity index (χ3v) is 10.9. The van der Waals surface area contributed by atoms with Crippen LogP contribution in [-0.4, -0.2) is 37.2 Å². The van der Waals surface area contributed by atoms with Gasteiger partial charge in [-0.2, -0.15) is 0 Å². The Kier molecular flexibility index (Phi) is 47.9. The minimum absolute atomic E-state index is 0.0924. The summed E-state index contributed by atoms with van der Waals surface area (Å²) in [5.41, 5.74) is 0. The molecule has 0 aliphatic rings. The number of unbranched alkanes of at least 4 members (excludes halogenated alkanes) is 24. The summed E-state index contributed by atoms with van der Waals surface area (Å²) in [4.78, 5) is 37.9. The number of hydrogen-bond acceptors (Lipinski definition) is 6. The predicted octanol–water partition coefficient (Wildman–Crippen LogP) is 17.0. The first-order valence-electron chi connectivity index (χ1n) is 26.0. The Balaban J connectivity index is 4.40. The Bertz CT molecular complexity index is 1180. The molecular weight excluding hydrogens is 769 g/mol. The molecule has 0 aromatic carbocycles. The van der Waals surface area contributed by atoms with Crippen molar-refractivity contribution in [3.05, 3.63) is 72.9 Å². The van der Waals surface area contributed by atoms with Crippen molar-refractivity contribution in [2.24, 2.45) is 0 Å². The lowest BCUT2D eigenvalue weighted by Gasteiger charge is -2.18. The van der Waals surface area contributed by atoms with Crippen LogP contribution in [0.2, 0.25) is 0 Å². The first-order valence-corrected chi connectivity index (χ1v) is 26.0. The molecular formula is C56H96O6. The summed E-state index contributed by atoms with van der Waals surface area (Å²) in [6.07, 6.45) is 63.2. The van der Waals surface area contributed by atoms with Gasteiger partial charge in [-0.15, -0.1) is 0 Å². The fourth-order valence-electron chi connectivity index (χ4n) is 7.02. The van der Waals surface area contributed by atoms with Crippen molar-refractivity contribution >= 4 is 17.9 Å². The van der Waals surface area contributed by atoms with Gasteiger partial charge in [-0.05, 0) is 96.3 Å². The minimum Gasteiger partial charge on any atom is -0.462 e. The number of rotatable bonds is 46. The highest BCUT2D eigenvalue weighted by molar-refractivity contribution is 5.71. The molecule has 356 valence electrons. The summed E-state index contributed by atoms with van der Waals surface area (Å²) in [6, 6.07) is 0. The van der Waals surface area contributed by atoms with Gasteiger partial charge in [-0.1, -0.05) is 203 Å². The van der Waals surface area contributed by atoms with Crippen molar-refractivity contribution < 1.29 is 28.6 Å². The van der Waals surface area contributed by atoms with Gasteiger partial charge < -0.3 is 14.2 Å². The monoisotopic (exact) mass is 865 g/mol. The number of esters is 3.